The number of carbonyl (C=O) groups excluding carboxylic acids is 1. The number of phenolic OH excluding ortho intramolecular Hbond substituents is 1. The molecule has 7 aromatic rings. The third-order valence-electron chi connectivity index (χ3n) is 14.5. The molecule has 344 valence electrons. The maximum absolute atomic E-state index is 16.7. The molecule has 67 heavy (non-hydrogen) atoms. The summed E-state index contributed by atoms with van der Waals surface area (Å²) in [5.41, 5.74) is 4.73. The first-order chi connectivity index (χ1) is 32.4. The van der Waals surface area contributed by atoms with Crippen molar-refractivity contribution in [1.82, 2.24) is 29.5 Å². The van der Waals surface area contributed by atoms with E-state index in [1.165, 1.54) is 6.07 Å². The van der Waals surface area contributed by atoms with Gasteiger partial charge in [-0.25, -0.2) is 9.18 Å². The second kappa shape index (κ2) is 16.7. The number of nitrogens with zero attached hydrogens (tertiary/aromatic N) is 7. The fourth-order valence-corrected chi connectivity index (χ4v) is 11.1. The number of amides is 1. The summed E-state index contributed by atoms with van der Waals surface area (Å²) >= 11 is 0. The van der Waals surface area contributed by atoms with Crippen molar-refractivity contribution in [2.24, 2.45) is 0 Å². The minimum atomic E-state index is -0.941. The molecule has 1 N–H and O–H groups in total. The van der Waals surface area contributed by atoms with Gasteiger partial charge in [-0.15, -0.1) is 0 Å². The van der Waals surface area contributed by atoms with Crippen LogP contribution >= 0.6 is 0 Å². The zero-order valence-corrected chi connectivity index (χ0v) is 39.0. The molecule has 11 rings (SSSR count). The number of benzene rings is 5. The second-order valence-corrected chi connectivity index (χ2v) is 20.1. The van der Waals surface area contributed by atoms with Gasteiger partial charge in [0.15, 0.2) is 0 Å². The van der Waals surface area contributed by atoms with Gasteiger partial charge in [0.05, 0.1) is 17.6 Å². The van der Waals surface area contributed by atoms with Crippen molar-refractivity contribution < 1.29 is 23.8 Å². The van der Waals surface area contributed by atoms with Crippen LogP contribution in [0.5, 0.6) is 11.8 Å². The molecule has 1 saturated carbocycles. The Hall–Kier alpha value is -6.53. The highest BCUT2D eigenvalue weighted by atomic mass is 19.1. The van der Waals surface area contributed by atoms with Crippen LogP contribution < -0.4 is 9.64 Å². The van der Waals surface area contributed by atoms with Crippen LogP contribution in [0.2, 0.25) is 0 Å². The Bertz CT molecular complexity index is 2890. The standard InChI is InChI=1S/C55H58FN7O4/c1-34(60-25-15-16-26-60)33-66-52-57-49-43(51(58-52)61-30-41-27-40(61)31-62(41)53(65)67-54(3,4)5)28-42(36-23-24-36)48(50(49)64)47-35(2)45(56)29-46-44(47)32-63(59-46)55(37-17-9-6-10-18-37,38-19-11-7-12-20-38)39-21-13-8-14-22-39/h6-14,17-22,28-29,32,34,36,40-41,64H,15-16,23-27,30-31,33H2,1-5H3/t34-,40-,41-/m0/s1. The number of hydrogen-bond acceptors (Lipinski definition) is 9. The van der Waals surface area contributed by atoms with Gasteiger partial charge in [-0.3, -0.25) is 9.58 Å². The van der Waals surface area contributed by atoms with Crippen molar-refractivity contribution in [3.63, 3.8) is 0 Å². The molecule has 3 saturated heterocycles. The monoisotopic (exact) mass is 899 g/mol. The maximum Gasteiger partial charge on any atom is 0.410 e. The van der Waals surface area contributed by atoms with Gasteiger partial charge in [-0.2, -0.15) is 15.1 Å². The molecule has 5 heterocycles. The maximum atomic E-state index is 16.7. The van der Waals surface area contributed by atoms with Crippen LogP contribution in [-0.4, -0.2) is 97.3 Å². The smallest absolute Gasteiger partial charge is 0.410 e. The summed E-state index contributed by atoms with van der Waals surface area (Å²) in [6.45, 7) is 13.1. The van der Waals surface area contributed by atoms with Gasteiger partial charge in [0.1, 0.15) is 40.6 Å². The van der Waals surface area contributed by atoms with Crippen molar-refractivity contribution >= 4 is 33.7 Å². The van der Waals surface area contributed by atoms with Gasteiger partial charge in [-0.1, -0.05) is 91.0 Å². The van der Waals surface area contributed by atoms with E-state index in [9.17, 15) is 9.90 Å². The van der Waals surface area contributed by atoms with E-state index in [1.807, 2.05) is 91.1 Å². The molecule has 12 heteroatoms. The molecule has 4 fully saturated rings. The molecule has 0 radical (unpaired) electrons. The number of aromatic hydroxyl groups is 1. The summed E-state index contributed by atoms with van der Waals surface area (Å²) in [5, 5.41) is 19.8. The first-order valence-corrected chi connectivity index (χ1v) is 24.0. The van der Waals surface area contributed by atoms with Gasteiger partial charge in [0.25, 0.3) is 0 Å². The summed E-state index contributed by atoms with van der Waals surface area (Å²) in [7, 11) is 0. The predicted molar refractivity (Wildman–Crippen MR) is 259 cm³/mol. The van der Waals surface area contributed by atoms with E-state index in [4.69, 9.17) is 24.5 Å². The van der Waals surface area contributed by atoms with E-state index in [0.717, 1.165) is 67.4 Å². The fraction of sp³-hybridized carbons (Fsp3) is 0.382. The van der Waals surface area contributed by atoms with Gasteiger partial charge in [0.2, 0.25) is 0 Å². The van der Waals surface area contributed by atoms with Crippen LogP contribution in [0.3, 0.4) is 0 Å². The predicted octanol–water partition coefficient (Wildman–Crippen LogP) is 10.6. The van der Waals surface area contributed by atoms with Crippen LogP contribution in [0.1, 0.15) is 93.5 Å². The van der Waals surface area contributed by atoms with E-state index in [0.29, 0.717) is 64.0 Å². The highest BCUT2D eigenvalue weighted by molar-refractivity contribution is 6.06. The minimum Gasteiger partial charge on any atom is -0.505 e. The molecule has 1 amide bonds. The molecular formula is C55H58FN7O4. The third-order valence-corrected chi connectivity index (χ3v) is 14.5. The largest absolute Gasteiger partial charge is 0.505 e. The number of likely N-dealkylation sites (tertiary alicyclic amines) is 2. The molecule has 1 aliphatic carbocycles. The topological polar surface area (TPSA) is 109 Å². The quantitative estimate of drug-likeness (QED) is 0.127. The van der Waals surface area contributed by atoms with Crippen LogP contribution in [0.25, 0.3) is 32.9 Å². The Balaban J connectivity index is 1.10. The zero-order valence-electron chi connectivity index (χ0n) is 39.0. The minimum absolute atomic E-state index is 0.0202. The average Bonchev–Trinajstić information content (AvgIpc) is 3.66. The van der Waals surface area contributed by atoms with Gasteiger partial charge in [0, 0.05) is 53.3 Å². The number of aromatic nitrogens is 4. The highest BCUT2D eigenvalue weighted by Crippen LogP contribution is 2.54. The lowest BCUT2D eigenvalue weighted by Crippen LogP contribution is -2.50. The third kappa shape index (κ3) is 7.53. The molecule has 2 aromatic heterocycles. The average molecular weight is 900 g/mol. The molecular weight excluding hydrogens is 842 g/mol. The summed E-state index contributed by atoms with van der Waals surface area (Å²) in [6.07, 6.45) is 6.68. The number of piperazine rings is 1. The van der Waals surface area contributed by atoms with Crippen LogP contribution in [0.15, 0.2) is 109 Å². The number of rotatable bonds is 11. The Morgan fingerprint density at radius 3 is 2.03 bits per heavy atom. The molecule has 0 unspecified atom stereocenters. The summed E-state index contributed by atoms with van der Waals surface area (Å²) < 4.78 is 31.0. The van der Waals surface area contributed by atoms with Gasteiger partial charge >= 0.3 is 12.1 Å². The molecule has 2 bridgehead atoms. The molecule has 3 atom stereocenters. The van der Waals surface area contributed by atoms with Crippen molar-refractivity contribution in [2.45, 2.75) is 102 Å². The van der Waals surface area contributed by atoms with Crippen molar-refractivity contribution in [1.29, 1.82) is 0 Å². The van der Waals surface area contributed by atoms with E-state index in [1.54, 1.807) is 6.92 Å². The Kier molecular flexibility index (Phi) is 10.7. The number of phenols is 1. The van der Waals surface area contributed by atoms with Crippen LogP contribution in [0.4, 0.5) is 15.0 Å². The first kappa shape index (κ1) is 43.1. The number of hydrogen-bond donors (Lipinski definition) is 1. The van der Waals surface area contributed by atoms with E-state index in [2.05, 4.69) is 59.2 Å². The Morgan fingerprint density at radius 2 is 1.46 bits per heavy atom. The van der Waals surface area contributed by atoms with E-state index >= 15 is 4.39 Å². The zero-order chi connectivity index (χ0) is 46.2. The number of fused-ring (bicyclic) bond motifs is 4. The lowest BCUT2D eigenvalue weighted by Gasteiger charge is -2.36. The molecule has 11 nitrogen and oxygen atoms in total. The molecule has 5 aromatic carbocycles. The number of carbonyl (C=O) groups is 1. The van der Waals surface area contributed by atoms with E-state index < -0.39 is 17.0 Å². The van der Waals surface area contributed by atoms with Crippen LogP contribution in [0, 0.1) is 12.7 Å². The Labute approximate surface area is 391 Å². The first-order valence-electron chi connectivity index (χ1n) is 24.0. The number of halogens is 1. The van der Waals surface area contributed by atoms with Gasteiger partial charge < -0.3 is 24.4 Å². The summed E-state index contributed by atoms with van der Waals surface area (Å²) in [5.74, 6) is 0.354. The van der Waals surface area contributed by atoms with Crippen molar-refractivity contribution in [2.75, 3.05) is 37.7 Å². The highest BCUT2D eigenvalue weighted by Gasteiger charge is 2.48. The van der Waals surface area contributed by atoms with Crippen molar-refractivity contribution in [3.8, 4) is 22.9 Å². The van der Waals surface area contributed by atoms with Crippen molar-refractivity contribution in [3.05, 3.63) is 143 Å². The lowest BCUT2D eigenvalue weighted by atomic mass is 9.77. The molecule has 4 aliphatic rings. The lowest BCUT2D eigenvalue weighted by molar-refractivity contribution is 0.0214. The molecule has 3 aliphatic heterocycles. The van der Waals surface area contributed by atoms with Gasteiger partial charge in [-0.05, 0) is 120 Å². The summed E-state index contributed by atoms with van der Waals surface area (Å²) in [6, 6.07) is 34.8. The van der Waals surface area contributed by atoms with Crippen LogP contribution in [-0.2, 0) is 10.3 Å². The SMILES string of the molecule is Cc1c(F)cc2nn(C(c3ccccc3)(c3ccccc3)c3ccccc3)cc2c1-c1c(C2CC2)cc2c(N3C[C@@H]4C[C@H]3CN4C(=O)OC(C)(C)C)nc(OC[C@H](C)N3CCCC3)nc2c1O. The van der Waals surface area contributed by atoms with E-state index in [-0.39, 0.29) is 41.9 Å². The number of anilines is 1. The number of ether oxygens (including phenoxy) is 2. The normalized spacial score (nSPS) is 19.2. The Morgan fingerprint density at radius 1 is 0.836 bits per heavy atom. The fourth-order valence-electron chi connectivity index (χ4n) is 11.1. The summed E-state index contributed by atoms with van der Waals surface area (Å²) in [4.78, 5) is 30.0. The molecule has 0 spiro atoms. The second-order valence-electron chi connectivity index (χ2n) is 20.1.